The standard InChI is InChI=1S/C12H19N3O3/c1-12(2,3)17-11(16)15-6-4-5-9(15)8-7-10(13)18-14-8/h7,9H,4-6,13H2,1-3H3/t9-/m0/s1. The number of likely N-dealkylation sites (tertiary alicyclic amines) is 1. The fourth-order valence-corrected chi connectivity index (χ4v) is 2.07. The lowest BCUT2D eigenvalue weighted by atomic mass is 10.1. The zero-order valence-electron chi connectivity index (χ0n) is 11.0. The number of nitrogens with two attached hydrogens (primary N) is 1. The number of anilines is 1. The molecule has 6 nitrogen and oxygen atoms in total. The summed E-state index contributed by atoms with van der Waals surface area (Å²) in [5.41, 5.74) is 5.70. The highest BCUT2D eigenvalue weighted by Crippen LogP contribution is 2.33. The quantitative estimate of drug-likeness (QED) is 0.830. The van der Waals surface area contributed by atoms with Crippen LogP contribution in [0.15, 0.2) is 10.6 Å². The third-order valence-corrected chi connectivity index (χ3v) is 2.77. The predicted octanol–water partition coefficient (Wildman–Crippen LogP) is 2.33. The van der Waals surface area contributed by atoms with Crippen LogP contribution >= 0.6 is 0 Å². The molecule has 1 aromatic heterocycles. The molecule has 0 radical (unpaired) electrons. The number of hydrogen-bond donors (Lipinski definition) is 1. The summed E-state index contributed by atoms with van der Waals surface area (Å²) in [4.78, 5) is 13.7. The van der Waals surface area contributed by atoms with Gasteiger partial charge in [-0.25, -0.2) is 4.79 Å². The van der Waals surface area contributed by atoms with E-state index in [9.17, 15) is 4.79 Å². The molecular weight excluding hydrogens is 234 g/mol. The first-order valence-electron chi connectivity index (χ1n) is 6.08. The summed E-state index contributed by atoms with van der Waals surface area (Å²) in [6.45, 7) is 6.23. The van der Waals surface area contributed by atoms with E-state index in [2.05, 4.69) is 5.16 Å². The molecule has 100 valence electrons. The number of carbonyl (C=O) groups excluding carboxylic acids is 1. The number of amides is 1. The van der Waals surface area contributed by atoms with Gasteiger partial charge in [-0.2, -0.15) is 0 Å². The maximum Gasteiger partial charge on any atom is 0.410 e. The maximum atomic E-state index is 12.1. The first-order valence-corrected chi connectivity index (χ1v) is 6.08. The third-order valence-electron chi connectivity index (χ3n) is 2.77. The minimum Gasteiger partial charge on any atom is -0.444 e. The lowest BCUT2D eigenvalue weighted by Gasteiger charge is -2.27. The summed E-state index contributed by atoms with van der Waals surface area (Å²) in [5, 5.41) is 3.88. The molecule has 0 aromatic carbocycles. The normalized spacial score (nSPS) is 20.2. The SMILES string of the molecule is CC(C)(C)OC(=O)N1CCC[C@H]1c1cc(N)on1. The molecule has 0 saturated carbocycles. The van der Waals surface area contributed by atoms with Crippen molar-refractivity contribution in [2.24, 2.45) is 0 Å². The van der Waals surface area contributed by atoms with E-state index in [4.69, 9.17) is 15.0 Å². The zero-order valence-corrected chi connectivity index (χ0v) is 11.0. The molecule has 1 fully saturated rings. The van der Waals surface area contributed by atoms with Gasteiger partial charge in [-0.05, 0) is 33.6 Å². The van der Waals surface area contributed by atoms with E-state index in [-0.39, 0.29) is 18.0 Å². The highest BCUT2D eigenvalue weighted by Gasteiger charge is 2.34. The van der Waals surface area contributed by atoms with Gasteiger partial charge in [0.15, 0.2) is 0 Å². The van der Waals surface area contributed by atoms with Crippen molar-refractivity contribution in [1.29, 1.82) is 0 Å². The van der Waals surface area contributed by atoms with Gasteiger partial charge >= 0.3 is 6.09 Å². The Bertz CT molecular complexity index is 436. The smallest absolute Gasteiger partial charge is 0.410 e. The molecule has 6 heteroatoms. The van der Waals surface area contributed by atoms with Gasteiger partial charge in [0.1, 0.15) is 11.3 Å². The maximum absolute atomic E-state index is 12.1. The van der Waals surface area contributed by atoms with Gasteiger partial charge in [-0.15, -0.1) is 0 Å². The Kier molecular flexibility index (Phi) is 3.19. The van der Waals surface area contributed by atoms with Crippen LogP contribution in [0.3, 0.4) is 0 Å². The predicted molar refractivity (Wildman–Crippen MR) is 65.8 cm³/mol. The second-order valence-electron chi connectivity index (χ2n) is 5.49. The van der Waals surface area contributed by atoms with E-state index >= 15 is 0 Å². The monoisotopic (exact) mass is 253 g/mol. The highest BCUT2D eigenvalue weighted by atomic mass is 16.6. The van der Waals surface area contributed by atoms with Crippen molar-refractivity contribution in [3.05, 3.63) is 11.8 Å². The molecule has 0 unspecified atom stereocenters. The largest absolute Gasteiger partial charge is 0.444 e. The second-order valence-corrected chi connectivity index (χ2v) is 5.49. The summed E-state index contributed by atoms with van der Waals surface area (Å²) in [6.07, 6.45) is 1.47. The molecule has 1 atom stereocenters. The summed E-state index contributed by atoms with van der Waals surface area (Å²) < 4.78 is 10.2. The van der Waals surface area contributed by atoms with Crippen LogP contribution in [0.5, 0.6) is 0 Å². The van der Waals surface area contributed by atoms with Gasteiger partial charge in [0.2, 0.25) is 5.88 Å². The Morgan fingerprint density at radius 2 is 2.33 bits per heavy atom. The van der Waals surface area contributed by atoms with Crippen LogP contribution < -0.4 is 5.73 Å². The molecule has 1 aromatic rings. The molecule has 1 saturated heterocycles. The first kappa shape index (κ1) is 12.7. The minimum atomic E-state index is -0.493. The van der Waals surface area contributed by atoms with Crippen LogP contribution in [-0.2, 0) is 4.74 Å². The van der Waals surface area contributed by atoms with E-state index in [1.807, 2.05) is 20.8 Å². The summed E-state index contributed by atoms with van der Waals surface area (Å²) >= 11 is 0. The summed E-state index contributed by atoms with van der Waals surface area (Å²) in [7, 11) is 0. The van der Waals surface area contributed by atoms with Crippen LogP contribution in [0.1, 0.15) is 45.3 Å². The molecule has 1 aliphatic rings. The van der Waals surface area contributed by atoms with Crippen molar-refractivity contribution in [1.82, 2.24) is 10.1 Å². The average molecular weight is 253 g/mol. The van der Waals surface area contributed by atoms with Crippen molar-refractivity contribution in [2.75, 3.05) is 12.3 Å². The average Bonchev–Trinajstić information content (AvgIpc) is 2.81. The lowest BCUT2D eigenvalue weighted by molar-refractivity contribution is 0.0219. The molecule has 2 heterocycles. The number of nitrogen functional groups attached to an aromatic ring is 1. The van der Waals surface area contributed by atoms with Gasteiger partial charge in [-0.1, -0.05) is 5.16 Å². The summed E-state index contributed by atoms with van der Waals surface area (Å²) in [6, 6.07) is 1.56. The van der Waals surface area contributed by atoms with E-state index in [1.165, 1.54) is 0 Å². The minimum absolute atomic E-state index is 0.0964. The zero-order chi connectivity index (χ0) is 13.3. The number of hydrogen-bond acceptors (Lipinski definition) is 5. The number of aromatic nitrogens is 1. The lowest BCUT2D eigenvalue weighted by Crippen LogP contribution is -2.36. The second kappa shape index (κ2) is 4.51. The summed E-state index contributed by atoms with van der Waals surface area (Å²) in [5.74, 6) is 0.265. The Labute approximate surface area is 106 Å². The number of carbonyl (C=O) groups is 1. The number of ether oxygens (including phenoxy) is 1. The molecule has 1 aliphatic heterocycles. The Balaban J connectivity index is 2.10. The van der Waals surface area contributed by atoms with Crippen molar-refractivity contribution in [3.63, 3.8) is 0 Å². The van der Waals surface area contributed by atoms with Crippen molar-refractivity contribution in [2.45, 2.75) is 45.3 Å². The molecule has 2 rings (SSSR count). The van der Waals surface area contributed by atoms with Gasteiger partial charge < -0.3 is 15.0 Å². The van der Waals surface area contributed by atoms with E-state index in [0.29, 0.717) is 12.2 Å². The van der Waals surface area contributed by atoms with E-state index in [0.717, 1.165) is 12.8 Å². The van der Waals surface area contributed by atoms with Crippen LogP contribution in [0.2, 0.25) is 0 Å². The number of rotatable bonds is 1. The third kappa shape index (κ3) is 2.75. The van der Waals surface area contributed by atoms with Crippen molar-refractivity contribution < 1.29 is 14.1 Å². The van der Waals surface area contributed by atoms with Crippen molar-refractivity contribution in [3.8, 4) is 0 Å². The molecule has 1 amide bonds. The fraction of sp³-hybridized carbons (Fsp3) is 0.667. The number of nitrogens with zero attached hydrogens (tertiary/aromatic N) is 2. The Morgan fingerprint density at radius 1 is 1.61 bits per heavy atom. The van der Waals surface area contributed by atoms with E-state index < -0.39 is 5.60 Å². The Hall–Kier alpha value is -1.72. The first-order chi connectivity index (χ1) is 8.37. The fourth-order valence-electron chi connectivity index (χ4n) is 2.07. The Morgan fingerprint density at radius 3 is 2.89 bits per heavy atom. The van der Waals surface area contributed by atoms with Gasteiger partial charge in [0.05, 0.1) is 6.04 Å². The molecule has 2 N–H and O–H groups in total. The van der Waals surface area contributed by atoms with Crippen LogP contribution in [-0.4, -0.2) is 28.3 Å². The molecule has 18 heavy (non-hydrogen) atoms. The highest BCUT2D eigenvalue weighted by molar-refractivity contribution is 5.69. The van der Waals surface area contributed by atoms with Gasteiger partial charge in [-0.3, -0.25) is 4.90 Å². The molecule has 0 spiro atoms. The van der Waals surface area contributed by atoms with Crippen LogP contribution in [0.4, 0.5) is 10.7 Å². The van der Waals surface area contributed by atoms with Gasteiger partial charge in [0.25, 0.3) is 0 Å². The molecule has 0 aliphatic carbocycles. The van der Waals surface area contributed by atoms with Crippen LogP contribution in [0, 0.1) is 0 Å². The van der Waals surface area contributed by atoms with E-state index in [1.54, 1.807) is 11.0 Å². The van der Waals surface area contributed by atoms with Crippen LogP contribution in [0.25, 0.3) is 0 Å². The topological polar surface area (TPSA) is 81.6 Å². The van der Waals surface area contributed by atoms with Gasteiger partial charge in [0, 0.05) is 12.6 Å². The molecule has 0 bridgehead atoms. The van der Waals surface area contributed by atoms with Crippen molar-refractivity contribution >= 4 is 12.0 Å². The molecular formula is C12H19N3O3.